The molecule has 1 atom stereocenters. The van der Waals surface area contributed by atoms with Crippen molar-refractivity contribution in [2.75, 3.05) is 0 Å². The monoisotopic (exact) mass is 278 g/mol. The lowest BCUT2D eigenvalue weighted by Gasteiger charge is -2.10. The number of pyridine rings is 1. The number of aromatic nitrogens is 1. The Kier molecular flexibility index (Phi) is 4.17. The molecule has 1 heterocycles. The molecule has 0 fully saturated rings. The zero-order valence-corrected chi connectivity index (χ0v) is 10.8. The van der Waals surface area contributed by atoms with Gasteiger partial charge in [-0.15, -0.1) is 0 Å². The van der Waals surface area contributed by atoms with Crippen molar-refractivity contribution in [3.63, 3.8) is 0 Å². The first-order valence-corrected chi connectivity index (χ1v) is 6.08. The van der Waals surface area contributed by atoms with E-state index in [9.17, 15) is 13.2 Å². The van der Waals surface area contributed by atoms with E-state index in [4.69, 9.17) is 0 Å². The van der Waals surface area contributed by atoms with Crippen LogP contribution in [0.1, 0.15) is 29.8 Å². The van der Waals surface area contributed by atoms with Crippen LogP contribution in [0.2, 0.25) is 0 Å². The molecule has 2 nitrogen and oxygen atoms in total. The SMILES string of the molecule is C[C@H](/N=C/c1ccccn1)c1ccc(C(F)(F)F)cc1. The summed E-state index contributed by atoms with van der Waals surface area (Å²) >= 11 is 0. The van der Waals surface area contributed by atoms with E-state index in [-0.39, 0.29) is 6.04 Å². The Morgan fingerprint density at radius 3 is 2.35 bits per heavy atom. The van der Waals surface area contributed by atoms with Gasteiger partial charge >= 0.3 is 6.18 Å². The molecule has 1 aromatic heterocycles. The molecule has 1 aromatic carbocycles. The third-order valence-electron chi connectivity index (χ3n) is 2.84. The molecule has 0 bridgehead atoms. The van der Waals surface area contributed by atoms with Gasteiger partial charge in [0.1, 0.15) is 0 Å². The fourth-order valence-corrected chi connectivity index (χ4v) is 1.68. The molecule has 0 aliphatic carbocycles. The third kappa shape index (κ3) is 3.66. The van der Waals surface area contributed by atoms with Crippen LogP contribution in [0.15, 0.2) is 53.7 Å². The van der Waals surface area contributed by atoms with E-state index in [1.165, 1.54) is 12.1 Å². The highest BCUT2D eigenvalue weighted by molar-refractivity contribution is 5.76. The van der Waals surface area contributed by atoms with E-state index in [1.807, 2.05) is 19.1 Å². The summed E-state index contributed by atoms with van der Waals surface area (Å²) in [6.07, 6.45) is -1.04. The van der Waals surface area contributed by atoms with Gasteiger partial charge in [0.2, 0.25) is 0 Å². The van der Waals surface area contributed by atoms with Crippen LogP contribution in [0, 0.1) is 0 Å². The van der Waals surface area contributed by atoms with Gasteiger partial charge in [0.05, 0.1) is 17.3 Å². The summed E-state index contributed by atoms with van der Waals surface area (Å²) in [4.78, 5) is 8.38. The maximum Gasteiger partial charge on any atom is 0.416 e. The lowest BCUT2D eigenvalue weighted by Crippen LogP contribution is -2.04. The predicted octanol–water partition coefficient (Wildman–Crippen LogP) is 4.28. The van der Waals surface area contributed by atoms with Crippen molar-refractivity contribution in [3.8, 4) is 0 Å². The normalized spacial score (nSPS) is 13.6. The molecule has 0 aliphatic rings. The topological polar surface area (TPSA) is 25.2 Å². The number of aliphatic imine (C=N–C) groups is 1. The van der Waals surface area contributed by atoms with Gasteiger partial charge in [0.25, 0.3) is 0 Å². The first-order chi connectivity index (χ1) is 9.47. The van der Waals surface area contributed by atoms with Crippen LogP contribution < -0.4 is 0 Å². The zero-order valence-electron chi connectivity index (χ0n) is 10.8. The minimum absolute atomic E-state index is 0.223. The van der Waals surface area contributed by atoms with E-state index in [0.29, 0.717) is 5.69 Å². The highest BCUT2D eigenvalue weighted by atomic mass is 19.4. The lowest BCUT2D eigenvalue weighted by atomic mass is 10.1. The molecule has 0 spiro atoms. The van der Waals surface area contributed by atoms with Crippen LogP contribution in [-0.4, -0.2) is 11.2 Å². The van der Waals surface area contributed by atoms with Crippen LogP contribution in [-0.2, 0) is 6.18 Å². The molecule has 0 amide bonds. The summed E-state index contributed by atoms with van der Waals surface area (Å²) in [6.45, 7) is 1.82. The maximum atomic E-state index is 12.5. The number of halogens is 3. The molecule has 5 heteroatoms. The van der Waals surface area contributed by atoms with Crippen molar-refractivity contribution >= 4 is 6.21 Å². The molecular formula is C15H13F3N2. The molecule has 2 rings (SSSR count). The van der Waals surface area contributed by atoms with E-state index < -0.39 is 11.7 Å². The van der Waals surface area contributed by atoms with Crippen molar-refractivity contribution in [1.29, 1.82) is 0 Å². The number of rotatable bonds is 3. The summed E-state index contributed by atoms with van der Waals surface area (Å²) < 4.78 is 37.4. The standard InChI is InChI=1S/C15H13F3N2/c1-11(20-10-14-4-2-3-9-19-14)12-5-7-13(8-6-12)15(16,17)18/h2-11H,1H3/b20-10+/t11-/m0/s1. The van der Waals surface area contributed by atoms with E-state index in [2.05, 4.69) is 9.98 Å². The quantitative estimate of drug-likeness (QED) is 0.769. The molecule has 0 saturated carbocycles. The van der Waals surface area contributed by atoms with Crippen LogP contribution in [0.4, 0.5) is 13.2 Å². The summed E-state index contributed by atoms with van der Waals surface area (Å²) in [7, 11) is 0. The van der Waals surface area contributed by atoms with Crippen molar-refractivity contribution in [2.45, 2.75) is 19.1 Å². The molecule has 20 heavy (non-hydrogen) atoms. The van der Waals surface area contributed by atoms with Gasteiger partial charge in [-0.1, -0.05) is 18.2 Å². The van der Waals surface area contributed by atoms with Crippen LogP contribution in [0.5, 0.6) is 0 Å². The van der Waals surface area contributed by atoms with Crippen LogP contribution in [0.3, 0.4) is 0 Å². The van der Waals surface area contributed by atoms with Gasteiger partial charge in [0.15, 0.2) is 0 Å². The summed E-state index contributed by atoms with van der Waals surface area (Å²) in [6, 6.07) is 10.3. The van der Waals surface area contributed by atoms with Gasteiger partial charge in [-0.05, 0) is 36.8 Å². The predicted molar refractivity (Wildman–Crippen MR) is 71.7 cm³/mol. The van der Waals surface area contributed by atoms with E-state index in [0.717, 1.165) is 17.7 Å². The van der Waals surface area contributed by atoms with Crippen molar-refractivity contribution in [1.82, 2.24) is 4.98 Å². The van der Waals surface area contributed by atoms with Gasteiger partial charge in [-0.3, -0.25) is 9.98 Å². The summed E-state index contributed by atoms with van der Waals surface area (Å²) in [5.41, 5.74) is 0.790. The first-order valence-electron chi connectivity index (χ1n) is 6.08. The molecule has 0 saturated heterocycles. The van der Waals surface area contributed by atoms with Crippen molar-refractivity contribution in [2.24, 2.45) is 4.99 Å². The van der Waals surface area contributed by atoms with Crippen LogP contribution in [0.25, 0.3) is 0 Å². The number of alkyl halides is 3. The Balaban J connectivity index is 2.10. The van der Waals surface area contributed by atoms with Crippen LogP contribution >= 0.6 is 0 Å². The van der Waals surface area contributed by atoms with E-state index in [1.54, 1.807) is 18.5 Å². The fourth-order valence-electron chi connectivity index (χ4n) is 1.68. The highest BCUT2D eigenvalue weighted by Gasteiger charge is 2.30. The van der Waals surface area contributed by atoms with Crippen molar-refractivity contribution < 1.29 is 13.2 Å². The first kappa shape index (κ1) is 14.2. The second kappa shape index (κ2) is 5.86. The molecule has 0 aliphatic heterocycles. The Bertz CT molecular complexity index is 574. The van der Waals surface area contributed by atoms with Gasteiger partial charge in [-0.25, -0.2) is 0 Å². The largest absolute Gasteiger partial charge is 0.416 e. The fraction of sp³-hybridized carbons (Fsp3) is 0.200. The Morgan fingerprint density at radius 2 is 1.80 bits per heavy atom. The maximum absolute atomic E-state index is 12.5. The summed E-state index contributed by atoms with van der Waals surface area (Å²) in [5.74, 6) is 0. The minimum Gasteiger partial charge on any atom is -0.283 e. The summed E-state index contributed by atoms with van der Waals surface area (Å²) in [5, 5.41) is 0. The zero-order chi connectivity index (χ0) is 14.6. The Morgan fingerprint density at radius 1 is 1.10 bits per heavy atom. The molecule has 104 valence electrons. The van der Waals surface area contributed by atoms with Gasteiger partial charge < -0.3 is 0 Å². The number of nitrogens with zero attached hydrogens (tertiary/aromatic N) is 2. The Hall–Kier alpha value is -2.17. The third-order valence-corrected chi connectivity index (χ3v) is 2.84. The molecular weight excluding hydrogens is 265 g/mol. The number of benzene rings is 1. The number of hydrogen-bond donors (Lipinski definition) is 0. The average molecular weight is 278 g/mol. The highest BCUT2D eigenvalue weighted by Crippen LogP contribution is 2.30. The lowest BCUT2D eigenvalue weighted by molar-refractivity contribution is -0.137. The van der Waals surface area contributed by atoms with E-state index >= 15 is 0 Å². The molecule has 2 aromatic rings. The minimum atomic E-state index is -4.31. The smallest absolute Gasteiger partial charge is 0.283 e. The average Bonchev–Trinajstić information content (AvgIpc) is 2.45. The van der Waals surface area contributed by atoms with Gasteiger partial charge in [0, 0.05) is 12.4 Å². The Labute approximate surface area is 115 Å². The second-order valence-electron chi connectivity index (χ2n) is 4.33. The molecule has 0 unspecified atom stereocenters. The molecule has 0 N–H and O–H groups in total. The van der Waals surface area contributed by atoms with Crippen molar-refractivity contribution in [3.05, 3.63) is 65.5 Å². The second-order valence-corrected chi connectivity index (χ2v) is 4.33. The molecule has 0 radical (unpaired) electrons. The number of hydrogen-bond acceptors (Lipinski definition) is 2. The van der Waals surface area contributed by atoms with Gasteiger partial charge in [-0.2, -0.15) is 13.2 Å².